The van der Waals surface area contributed by atoms with Crippen LogP contribution in [-0.4, -0.2) is 68.5 Å². The van der Waals surface area contributed by atoms with E-state index in [9.17, 15) is 19.4 Å². The first-order chi connectivity index (χ1) is 38.0. The van der Waals surface area contributed by atoms with E-state index >= 15 is 0 Å². The summed E-state index contributed by atoms with van der Waals surface area (Å²) < 4.78 is 23.5. The Kier molecular flexibility index (Phi) is 60.2. The van der Waals surface area contributed by atoms with Crippen LogP contribution in [0.5, 0.6) is 0 Å². The molecule has 9 heteroatoms. The third-order valence-electron chi connectivity index (χ3n) is 16.5. The maximum atomic E-state index is 13.0. The van der Waals surface area contributed by atoms with Crippen molar-refractivity contribution < 1.29 is 32.9 Å². The molecule has 0 aromatic heterocycles. The molecular weight excluding hydrogens is 984 g/mol. The quantitative estimate of drug-likeness (QED) is 0.0272. The molecule has 0 saturated carbocycles. The van der Waals surface area contributed by atoms with Gasteiger partial charge in [0.25, 0.3) is 7.82 Å². The summed E-state index contributed by atoms with van der Waals surface area (Å²) in [6.45, 7) is 4.72. The molecule has 0 radical (unpaired) electrons. The lowest BCUT2D eigenvalue weighted by Crippen LogP contribution is -2.45. The van der Waals surface area contributed by atoms with Gasteiger partial charge in [-0.15, -0.1) is 0 Å². The summed E-state index contributed by atoms with van der Waals surface area (Å²) in [5.41, 5.74) is 0. The van der Waals surface area contributed by atoms with Gasteiger partial charge in [-0.2, -0.15) is 0 Å². The largest absolute Gasteiger partial charge is 0.756 e. The van der Waals surface area contributed by atoms with Crippen molar-refractivity contribution in [2.75, 3.05) is 40.9 Å². The van der Waals surface area contributed by atoms with Gasteiger partial charge in [0.1, 0.15) is 13.2 Å². The fourth-order valence-electron chi connectivity index (χ4n) is 11.0. The number of carbonyl (C=O) groups excluding carboxylic acids is 1. The SMILES string of the molecule is CCCCCCCCCCCCCCCCCCCCCCCC/C=C/C(O)C(COP(=O)([O-])OCC[N+](C)(C)C)NC(=O)CCCCCCCCCCCCCCCCCCCCCCCCCCCCCCCCCC. The molecule has 0 aromatic carbocycles. The highest BCUT2D eigenvalue weighted by Gasteiger charge is 2.23. The lowest BCUT2D eigenvalue weighted by atomic mass is 10.0. The van der Waals surface area contributed by atoms with Crippen LogP contribution in [0.25, 0.3) is 0 Å². The number of carbonyl (C=O) groups is 1. The number of quaternary nitrogens is 1. The van der Waals surface area contributed by atoms with Crippen molar-refractivity contribution in [1.29, 1.82) is 0 Å². The van der Waals surface area contributed by atoms with Crippen molar-refractivity contribution in [3.8, 4) is 0 Å². The number of unbranched alkanes of at least 4 members (excludes halogenated alkanes) is 53. The second-order valence-corrected chi connectivity index (χ2v) is 27.0. The van der Waals surface area contributed by atoms with Crippen LogP contribution in [0, 0.1) is 0 Å². The number of nitrogens with one attached hydrogen (secondary N) is 1. The van der Waals surface area contributed by atoms with Crippen molar-refractivity contribution in [3.63, 3.8) is 0 Å². The molecule has 0 heterocycles. The molecule has 466 valence electrons. The summed E-state index contributed by atoms with van der Waals surface area (Å²) in [4.78, 5) is 25.6. The third kappa shape index (κ3) is 62.8. The molecule has 8 nitrogen and oxygen atoms in total. The van der Waals surface area contributed by atoms with E-state index in [1.54, 1.807) is 6.08 Å². The number of likely N-dealkylation sites (N-methyl/N-ethyl adjacent to an activating group) is 1. The van der Waals surface area contributed by atoms with Gasteiger partial charge in [0, 0.05) is 6.42 Å². The number of phosphoric ester groups is 1. The van der Waals surface area contributed by atoms with Crippen LogP contribution in [0.15, 0.2) is 12.2 Å². The molecule has 0 saturated heterocycles. The second kappa shape index (κ2) is 60.8. The van der Waals surface area contributed by atoms with Gasteiger partial charge in [0.05, 0.1) is 39.9 Å². The van der Waals surface area contributed by atoms with Crippen LogP contribution in [-0.2, 0) is 18.4 Å². The Bertz CT molecular complexity index is 1280. The Hall–Kier alpha value is -0.760. The molecule has 3 atom stereocenters. The average Bonchev–Trinajstić information content (AvgIpc) is 3.41. The summed E-state index contributed by atoms with van der Waals surface area (Å²) in [7, 11) is 1.28. The van der Waals surface area contributed by atoms with Gasteiger partial charge in [-0.05, 0) is 19.3 Å². The standard InChI is InChI=1S/C69H139N2O6P/c1-6-8-10-12-14-16-18-20-22-24-26-28-30-32-33-34-35-36-37-38-39-41-43-45-47-49-51-53-55-57-59-61-63-69(73)70-67(66-77-78(74,75)76-65-64-71(3,4)5)68(72)62-60-58-56-54-52-50-48-46-44-42-40-31-29-27-25-23-21-19-17-15-13-11-9-7-2/h60,62,67-68,72H,6-59,61,63-66H2,1-5H3,(H-,70,73,74,75)/b62-60+. The van der Waals surface area contributed by atoms with Gasteiger partial charge < -0.3 is 28.8 Å². The molecule has 0 aliphatic rings. The first-order valence-electron chi connectivity index (χ1n) is 35.1. The molecule has 0 spiro atoms. The van der Waals surface area contributed by atoms with Gasteiger partial charge in [-0.3, -0.25) is 9.36 Å². The fourth-order valence-corrected chi connectivity index (χ4v) is 11.8. The van der Waals surface area contributed by atoms with Gasteiger partial charge >= 0.3 is 0 Å². The number of phosphoric acid groups is 1. The molecule has 1 amide bonds. The van der Waals surface area contributed by atoms with E-state index in [1.165, 1.54) is 315 Å². The topological polar surface area (TPSA) is 108 Å². The highest BCUT2D eigenvalue weighted by molar-refractivity contribution is 7.45. The van der Waals surface area contributed by atoms with Crippen LogP contribution in [0.2, 0.25) is 0 Å². The van der Waals surface area contributed by atoms with Crippen molar-refractivity contribution >= 4 is 13.7 Å². The number of rotatable bonds is 66. The highest BCUT2D eigenvalue weighted by Crippen LogP contribution is 2.38. The van der Waals surface area contributed by atoms with Crippen molar-refractivity contribution in [1.82, 2.24) is 5.32 Å². The maximum absolute atomic E-state index is 13.0. The van der Waals surface area contributed by atoms with Crippen LogP contribution >= 0.6 is 7.82 Å². The Morgan fingerprint density at radius 1 is 0.436 bits per heavy atom. The smallest absolute Gasteiger partial charge is 0.268 e. The zero-order chi connectivity index (χ0) is 57.0. The molecule has 0 rings (SSSR count). The van der Waals surface area contributed by atoms with Crippen LogP contribution < -0.4 is 10.2 Å². The third-order valence-corrected chi connectivity index (χ3v) is 17.5. The van der Waals surface area contributed by atoms with E-state index in [2.05, 4.69) is 19.2 Å². The number of amides is 1. The first-order valence-corrected chi connectivity index (χ1v) is 36.5. The Balaban J connectivity index is 4.00. The monoisotopic (exact) mass is 1120 g/mol. The number of hydrogen-bond donors (Lipinski definition) is 2. The number of nitrogens with zero attached hydrogens (tertiary/aromatic N) is 1. The zero-order valence-electron chi connectivity index (χ0n) is 53.4. The normalized spacial score (nSPS) is 13.7. The first kappa shape index (κ1) is 77.2. The summed E-state index contributed by atoms with van der Waals surface area (Å²) in [6, 6.07) is -0.883. The molecule has 3 unspecified atom stereocenters. The van der Waals surface area contributed by atoms with Crippen molar-refractivity contribution in [2.45, 2.75) is 386 Å². The summed E-state index contributed by atoms with van der Waals surface area (Å²) in [6.07, 6.45) is 77.7. The van der Waals surface area contributed by atoms with Crippen molar-refractivity contribution in [3.05, 3.63) is 12.2 Å². The lowest BCUT2D eigenvalue weighted by molar-refractivity contribution is -0.870. The van der Waals surface area contributed by atoms with Crippen LogP contribution in [0.1, 0.15) is 373 Å². The minimum Gasteiger partial charge on any atom is -0.756 e. The van der Waals surface area contributed by atoms with Crippen molar-refractivity contribution in [2.24, 2.45) is 0 Å². The molecule has 2 N–H and O–H groups in total. The average molecular weight is 1120 g/mol. The summed E-state index contributed by atoms with van der Waals surface area (Å²) in [5.74, 6) is -0.187. The van der Waals surface area contributed by atoms with Gasteiger partial charge in [0.15, 0.2) is 0 Å². The molecule has 0 fully saturated rings. The summed E-state index contributed by atoms with van der Waals surface area (Å²) >= 11 is 0. The van der Waals surface area contributed by atoms with E-state index in [0.717, 1.165) is 38.5 Å². The Morgan fingerprint density at radius 2 is 0.692 bits per heavy atom. The van der Waals surface area contributed by atoms with Crippen LogP contribution in [0.4, 0.5) is 0 Å². The molecule has 0 bridgehead atoms. The predicted molar refractivity (Wildman–Crippen MR) is 339 cm³/mol. The number of aliphatic hydroxyl groups excluding tert-OH is 1. The number of allylic oxidation sites excluding steroid dienone is 1. The fraction of sp³-hybridized carbons (Fsp3) is 0.957. The number of hydrogen-bond acceptors (Lipinski definition) is 6. The minimum atomic E-state index is -4.60. The Labute approximate surface area is 488 Å². The second-order valence-electron chi connectivity index (χ2n) is 25.6. The van der Waals surface area contributed by atoms with E-state index in [-0.39, 0.29) is 19.1 Å². The molecule has 78 heavy (non-hydrogen) atoms. The van der Waals surface area contributed by atoms with Gasteiger partial charge in [0.2, 0.25) is 5.91 Å². The Morgan fingerprint density at radius 3 is 0.962 bits per heavy atom. The molecule has 0 aromatic rings. The highest BCUT2D eigenvalue weighted by atomic mass is 31.2. The molecular formula is C69H139N2O6P. The molecule has 0 aliphatic heterocycles. The maximum Gasteiger partial charge on any atom is 0.268 e. The summed E-state index contributed by atoms with van der Waals surface area (Å²) in [5, 5.41) is 14.0. The van der Waals surface area contributed by atoms with Crippen LogP contribution in [0.3, 0.4) is 0 Å². The van der Waals surface area contributed by atoms with E-state index in [4.69, 9.17) is 9.05 Å². The van der Waals surface area contributed by atoms with Gasteiger partial charge in [-0.1, -0.05) is 360 Å². The van der Waals surface area contributed by atoms with E-state index < -0.39 is 20.0 Å². The zero-order valence-corrected chi connectivity index (χ0v) is 54.3. The van der Waals surface area contributed by atoms with Gasteiger partial charge in [-0.25, -0.2) is 0 Å². The molecule has 0 aliphatic carbocycles. The van der Waals surface area contributed by atoms with E-state index in [1.807, 2.05) is 27.2 Å². The lowest BCUT2D eigenvalue weighted by Gasteiger charge is -2.29. The van der Waals surface area contributed by atoms with E-state index in [0.29, 0.717) is 17.4 Å². The number of aliphatic hydroxyl groups is 1. The minimum absolute atomic E-state index is 0.00299. The predicted octanol–water partition coefficient (Wildman–Crippen LogP) is 21.5.